The van der Waals surface area contributed by atoms with Crippen molar-refractivity contribution in [2.75, 3.05) is 27.2 Å². The number of nitrogens with zero attached hydrogens (tertiary/aromatic N) is 2. The topological polar surface area (TPSA) is 52.7 Å². The van der Waals surface area contributed by atoms with Crippen molar-refractivity contribution in [2.45, 2.75) is 19.4 Å². The van der Waals surface area contributed by atoms with Crippen LogP contribution in [0.25, 0.3) is 0 Å². The molecule has 1 aliphatic rings. The summed E-state index contributed by atoms with van der Waals surface area (Å²) < 4.78 is 0. The largest absolute Gasteiger partial charge is 0.344 e. The Hall–Kier alpha value is -1.26. The number of hydrogen-bond acceptors (Lipinski definition) is 2. The Labute approximate surface area is 84.0 Å². The van der Waals surface area contributed by atoms with E-state index in [-0.39, 0.29) is 18.0 Å². The molecule has 1 fully saturated rings. The van der Waals surface area contributed by atoms with E-state index in [1.54, 1.807) is 23.9 Å². The van der Waals surface area contributed by atoms with Gasteiger partial charge in [0, 0.05) is 27.2 Å². The zero-order chi connectivity index (χ0) is 10.7. The highest BCUT2D eigenvalue weighted by atomic mass is 16.2. The average Bonchev–Trinajstić information content (AvgIpc) is 2.48. The third-order valence-electron chi connectivity index (χ3n) is 2.55. The van der Waals surface area contributed by atoms with Crippen LogP contribution in [0.5, 0.6) is 0 Å². The molecular weight excluding hydrogens is 182 g/mol. The van der Waals surface area contributed by atoms with Crippen LogP contribution in [0.3, 0.4) is 0 Å². The molecule has 1 aliphatic heterocycles. The van der Waals surface area contributed by atoms with E-state index in [4.69, 9.17) is 0 Å². The fourth-order valence-electron chi connectivity index (χ4n) is 1.36. The first kappa shape index (κ1) is 10.8. The van der Waals surface area contributed by atoms with Crippen LogP contribution >= 0.6 is 0 Å². The number of likely N-dealkylation sites (tertiary alicyclic amines) is 1. The lowest BCUT2D eigenvalue weighted by atomic mass is 10.2. The van der Waals surface area contributed by atoms with Crippen LogP contribution in [0.2, 0.25) is 0 Å². The minimum atomic E-state index is -0.332. The van der Waals surface area contributed by atoms with Gasteiger partial charge in [-0.05, 0) is 13.3 Å². The van der Waals surface area contributed by atoms with E-state index in [1.807, 2.05) is 6.92 Å². The lowest BCUT2D eigenvalue weighted by Crippen LogP contribution is -2.46. The van der Waals surface area contributed by atoms with Crippen LogP contribution in [-0.2, 0) is 4.79 Å². The van der Waals surface area contributed by atoms with Crippen LogP contribution in [0.4, 0.5) is 4.79 Å². The summed E-state index contributed by atoms with van der Waals surface area (Å²) in [6.07, 6.45) is 0.707. The highest BCUT2D eigenvalue weighted by molar-refractivity contribution is 5.88. The van der Waals surface area contributed by atoms with E-state index in [0.29, 0.717) is 13.0 Å². The molecule has 1 saturated heterocycles. The average molecular weight is 199 g/mol. The van der Waals surface area contributed by atoms with Crippen molar-refractivity contribution in [1.82, 2.24) is 15.1 Å². The van der Waals surface area contributed by atoms with Gasteiger partial charge in [0.05, 0.1) is 0 Å². The number of rotatable bonds is 2. The number of carbonyl (C=O) groups is 2. The summed E-state index contributed by atoms with van der Waals surface area (Å²) in [5.41, 5.74) is 0. The third kappa shape index (κ3) is 2.16. The molecule has 3 amide bonds. The van der Waals surface area contributed by atoms with Crippen LogP contribution in [0, 0.1) is 0 Å². The van der Waals surface area contributed by atoms with Gasteiger partial charge in [-0.15, -0.1) is 0 Å². The molecule has 1 heterocycles. The molecule has 0 aromatic rings. The SMILES string of the molecule is CCN(C)C(=O)NC1CCN(C)C1=O. The van der Waals surface area contributed by atoms with Gasteiger partial charge in [-0.25, -0.2) is 4.79 Å². The first-order valence-electron chi connectivity index (χ1n) is 4.83. The molecule has 80 valence electrons. The van der Waals surface area contributed by atoms with Crippen molar-refractivity contribution >= 4 is 11.9 Å². The minimum Gasteiger partial charge on any atom is -0.344 e. The summed E-state index contributed by atoms with van der Waals surface area (Å²) in [5.74, 6) is 0.00264. The standard InChI is InChI=1S/C9H17N3O2/c1-4-11(2)9(14)10-7-5-6-12(3)8(7)13/h7H,4-6H2,1-3H3,(H,10,14). The zero-order valence-electron chi connectivity index (χ0n) is 8.91. The third-order valence-corrected chi connectivity index (χ3v) is 2.55. The summed E-state index contributed by atoms with van der Waals surface area (Å²) in [6, 6.07) is -0.511. The van der Waals surface area contributed by atoms with Gasteiger partial charge in [-0.2, -0.15) is 0 Å². The van der Waals surface area contributed by atoms with Crippen molar-refractivity contribution in [3.63, 3.8) is 0 Å². The molecule has 14 heavy (non-hydrogen) atoms. The van der Waals surface area contributed by atoms with Crippen LogP contribution in [-0.4, -0.2) is 55.0 Å². The van der Waals surface area contributed by atoms with Gasteiger partial charge in [0.25, 0.3) is 0 Å². The highest BCUT2D eigenvalue weighted by Crippen LogP contribution is 2.08. The number of carbonyl (C=O) groups excluding carboxylic acids is 2. The Kier molecular flexibility index (Phi) is 3.33. The van der Waals surface area contributed by atoms with Crippen LogP contribution in [0.1, 0.15) is 13.3 Å². The second-order valence-electron chi connectivity index (χ2n) is 3.56. The molecule has 5 heteroatoms. The van der Waals surface area contributed by atoms with Gasteiger partial charge in [0.15, 0.2) is 0 Å². The smallest absolute Gasteiger partial charge is 0.317 e. The maximum Gasteiger partial charge on any atom is 0.317 e. The minimum absolute atomic E-state index is 0.00264. The van der Waals surface area contributed by atoms with Crippen LogP contribution < -0.4 is 5.32 Å². The van der Waals surface area contributed by atoms with Crippen molar-refractivity contribution in [3.05, 3.63) is 0 Å². The molecule has 0 aromatic carbocycles. The molecule has 0 spiro atoms. The lowest BCUT2D eigenvalue weighted by molar-refractivity contribution is -0.128. The van der Waals surface area contributed by atoms with Crippen molar-refractivity contribution in [1.29, 1.82) is 0 Å². The molecule has 0 radical (unpaired) electrons. The Morgan fingerprint density at radius 1 is 1.71 bits per heavy atom. The number of urea groups is 1. The molecule has 1 atom stereocenters. The van der Waals surface area contributed by atoms with E-state index in [1.165, 1.54) is 0 Å². The number of likely N-dealkylation sites (N-methyl/N-ethyl adjacent to an activating group) is 1. The van der Waals surface area contributed by atoms with Crippen LogP contribution in [0.15, 0.2) is 0 Å². The van der Waals surface area contributed by atoms with E-state index in [2.05, 4.69) is 5.32 Å². The van der Waals surface area contributed by atoms with Crippen molar-refractivity contribution in [2.24, 2.45) is 0 Å². The molecule has 5 nitrogen and oxygen atoms in total. The van der Waals surface area contributed by atoms with Gasteiger partial charge in [0.2, 0.25) is 5.91 Å². The van der Waals surface area contributed by atoms with Gasteiger partial charge < -0.3 is 15.1 Å². The molecule has 1 unspecified atom stereocenters. The number of hydrogen-bond donors (Lipinski definition) is 1. The quantitative estimate of drug-likeness (QED) is 0.674. The summed E-state index contributed by atoms with van der Waals surface area (Å²) >= 11 is 0. The van der Waals surface area contributed by atoms with Crippen molar-refractivity contribution < 1.29 is 9.59 Å². The number of amides is 3. The normalized spacial score (nSPS) is 21.2. The first-order chi connectivity index (χ1) is 6.56. The fraction of sp³-hybridized carbons (Fsp3) is 0.778. The van der Waals surface area contributed by atoms with Gasteiger partial charge >= 0.3 is 6.03 Å². The molecule has 0 saturated carbocycles. The van der Waals surface area contributed by atoms with E-state index in [9.17, 15) is 9.59 Å². The van der Waals surface area contributed by atoms with Gasteiger partial charge in [0.1, 0.15) is 6.04 Å². The number of nitrogens with one attached hydrogen (secondary N) is 1. The molecule has 1 rings (SSSR count). The zero-order valence-corrected chi connectivity index (χ0v) is 8.91. The summed E-state index contributed by atoms with van der Waals surface area (Å²) in [5, 5.41) is 2.71. The summed E-state index contributed by atoms with van der Waals surface area (Å²) in [4.78, 5) is 26.1. The fourth-order valence-corrected chi connectivity index (χ4v) is 1.36. The summed E-state index contributed by atoms with van der Waals surface area (Å²) in [6.45, 7) is 3.25. The Morgan fingerprint density at radius 2 is 2.36 bits per heavy atom. The van der Waals surface area contributed by atoms with Gasteiger partial charge in [-0.1, -0.05) is 0 Å². The predicted molar refractivity (Wildman–Crippen MR) is 52.9 cm³/mol. The molecule has 0 aromatic heterocycles. The molecular formula is C9H17N3O2. The van der Waals surface area contributed by atoms with Gasteiger partial charge in [-0.3, -0.25) is 4.79 Å². The summed E-state index contributed by atoms with van der Waals surface area (Å²) in [7, 11) is 3.45. The molecule has 1 N–H and O–H groups in total. The maximum absolute atomic E-state index is 11.4. The highest BCUT2D eigenvalue weighted by Gasteiger charge is 2.30. The molecule has 0 aliphatic carbocycles. The Balaban J connectivity index is 2.45. The lowest BCUT2D eigenvalue weighted by Gasteiger charge is -2.18. The predicted octanol–water partition coefficient (Wildman–Crippen LogP) is -0.122. The first-order valence-corrected chi connectivity index (χ1v) is 4.83. The monoisotopic (exact) mass is 199 g/mol. The second-order valence-corrected chi connectivity index (χ2v) is 3.56. The second kappa shape index (κ2) is 4.30. The maximum atomic E-state index is 11.4. The van der Waals surface area contributed by atoms with E-state index >= 15 is 0 Å². The van der Waals surface area contributed by atoms with Crippen molar-refractivity contribution in [3.8, 4) is 0 Å². The van der Waals surface area contributed by atoms with E-state index < -0.39 is 0 Å². The Bertz CT molecular complexity index is 242. The molecule has 0 bridgehead atoms. The van der Waals surface area contributed by atoms with E-state index in [0.717, 1.165) is 6.54 Å². The Morgan fingerprint density at radius 3 is 2.79 bits per heavy atom.